The molecule has 8 nitrogen and oxygen atoms in total. The number of amides is 2. The third-order valence-electron chi connectivity index (χ3n) is 4.23. The van der Waals surface area contributed by atoms with Crippen LogP contribution < -0.4 is 20.9 Å². The van der Waals surface area contributed by atoms with Crippen molar-refractivity contribution in [1.29, 1.82) is 0 Å². The van der Waals surface area contributed by atoms with Gasteiger partial charge in [-0.15, -0.1) is 0 Å². The Balaban J connectivity index is 2.12. The molecule has 26 heavy (non-hydrogen) atoms. The van der Waals surface area contributed by atoms with Crippen molar-refractivity contribution in [3.63, 3.8) is 0 Å². The fourth-order valence-corrected chi connectivity index (χ4v) is 3.01. The number of benzene rings is 1. The first-order valence-electron chi connectivity index (χ1n) is 8.08. The number of pyridine rings is 1. The number of carbonyl (C=O) groups excluding carboxylic acids is 2. The highest BCUT2D eigenvalue weighted by molar-refractivity contribution is 5.86. The number of rotatable bonds is 4. The molecular weight excluding hydrogens is 338 g/mol. The van der Waals surface area contributed by atoms with Crippen LogP contribution in [0.3, 0.4) is 0 Å². The van der Waals surface area contributed by atoms with E-state index >= 15 is 0 Å². The van der Waals surface area contributed by atoms with Gasteiger partial charge in [-0.05, 0) is 31.2 Å². The van der Waals surface area contributed by atoms with Crippen LogP contribution >= 0.6 is 0 Å². The highest BCUT2D eigenvalue weighted by Gasteiger charge is 2.40. The minimum Gasteiger partial charge on any atom is -0.497 e. The van der Waals surface area contributed by atoms with Crippen molar-refractivity contribution in [1.82, 2.24) is 15.6 Å². The van der Waals surface area contributed by atoms with Crippen molar-refractivity contribution < 1.29 is 19.1 Å². The summed E-state index contributed by atoms with van der Waals surface area (Å²) in [4.78, 5) is 39.6. The molecule has 0 unspecified atom stereocenters. The van der Waals surface area contributed by atoms with Crippen LogP contribution in [0.1, 0.15) is 18.5 Å². The topological polar surface area (TPSA) is 110 Å². The summed E-state index contributed by atoms with van der Waals surface area (Å²) in [5.41, 5.74) is 0.630. The maximum Gasteiger partial charge on any atom is 0.319 e. The molecule has 1 aliphatic rings. The Bertz CT molecular complexity index is 949. The molecule has 2 atom stereocenters. The lowest BCUT2D eigenvalue weighted by atomic mass is 9.89. The first-order valence-corrected chi connectivity index (χ1v) is 8.08. The number of aromatic amines is 1. The Kier molecular flexibility index (Phi) is 4.66. The van der Waals surface area contributed by atoms with E-state index in [4.69, 9.17) is 9.47 Å². The Morgan fingerprint density at radius 2 is 2.04 bits per heavy atom. The van der Waals surface area contributed by atoms with Crippen LogP contribution in [0.4, 0.5) is 4.79 Å². The van der Waals surface area contributed by atoms with E-state index in [0.717, 1.165) is 0 Å². The van der Waals surface area contributed by atoms with Crippen molar-refractivity contribution in [3.05, 3.63) is 52.5 Å². The lowest BCUT2D eigenvalue weighted by Gasteiger charge is -2.32. The summed E-state index contributed by atoms with van der Waals surface area (Å²) >= 11 is 0. The standard InChI is InChI=1S/C18H19N3O5/c1-4-26-17(23)14-9(2)19-18(24)21-15(14)12-8-10-7-11(25-3)5-6-13(10)20-16(12)22/h5-8,14-15H,2,4H2,1,3H3,(H,20,22)(H2,19,21,24)/t14-,15+/m1/s1. The van der Waals surface area contributed by atoms with Crippen molar-refractivity contribution in [2.75, 3.05) is 13.7 Å². The SMILES string of the molecule is C=C1NC(=O)N[C@@H](c2cc3cc(OC)ccc3[nH]c2=O)[C@@H]1C(=O)OCC. The zero-order chi connectivity index (χ0) is 18.8. The molecule has 8 heteroatoms. The van der Waals surface area contributed by atoms with Gasteiger partial charge in [-0.2, -0.15) is 0 Å². The molecule has 0 saturated carbocycles. The number of urea groups is 1. The first-order chi connectivity index (χ1) is 12.4. The van der Waals surface area contributed by atoms with Gasteiger partial charge in [0.1, 0.15) is 11.7 Å². The monoisotopic (exact) mass is 357 g/mol. The molecule has 0 spiro atoms. The zero-order valence-corrected chi connectivity index (χ0v) is 14.4. The number of nitrogens with one attached hydrogen (secondary N) is 3. The van der Waals surface area contributed by atoms with Gasteiger partial charge >= 0.3 is 12.0 Å². The van der Waals surface area contributed by atoms with Crippen molar-refractivity contribution in [2.24, 2.45) is 5.92 Å². The first kappa shape index (κ1) is 17.5. The fraction of sp³-hybridized carbons (Fsp3) is 0.278. The average molecular weight is 357 g/mol. The van der Waals surface area contributed by atoms with Gasteiger partial charge in [0.2, 0.25) is 0 Å². The predicted octanol–water partition coefficient (Wildman–Crippen LogP) is 1.58. The van der Waals surface area contributed by atoms with Crippen LogP contribution in [-0.2, 0) is 9.53 Å². The Hall–Kier alpha value is -3.29. The van der Waals surface area contributed by atoms with Crippen LogP contribution in [0, 0.1) is 5.92 Å². The summed E-state index contributed by atoms with van der Waals surface area (Å²) in [5, 5.41) is 5.80. The van der Waals surface area contributed by atoms with E-state index in [1.54, 1.807) is 38.3 Å². The van der Waals surface area contributed by atoms with E-state index < -0.39 is 29.5 Å². The highest BCUT2D eigenvalue weighted by atomic mass is 16.5. The number of methoxy groups -OCH3 is 1. The number of esters is 1. The van der Waals surface area contributed by atoms with Crippen LogP contribution in [0.2, 0.25) is 0 Å². The minimum absolute atomic E-state index is 0.175. The summed E-state index contributed by atoms with van der Waals surface area (Å²) in [5.74, 6) is -0.867. The van der Waals surface area contributed by atoms with Crippen LogP contribution in [0.25, 0.3) is 10.9 Å². The molecule has 3 rings (SSSR count). The molecule has 1 aromatic heterocycles. The van der Waals surface area contributed by atoms with Crippen LogP contribution in [0.15, 0.2) is 41.3 Å². The molecule has 1 saturated heterocycles. The molecule has 1 aromatic carbocycles. The fourth-order valence-electron chi connectivity index (χ4n) is 3.01. The van der Waals surface area contributed by atoms with Gasteiger partial charge in [0.05, 0.1) is 19.8 Å². The maximum atomic E-state index is 12.6. The molecule has 1 fully saturated rings. The summed E-state index contributed by atoms with van der Waals surface area (Å²) in [6.45, 7) is 5.59. The van der Waals surface area contributed by atoms with Gasteiger partial charge in [0.25, 0.3) is 5.56 Å². The third kappa shape index (κ3) is 3.13. The summed E-state index contributed by atoms with van der Waals surface area (Å²) in [7, 11) is 1.54. The second-order valence-electron chi connectivity index (χ2n) is 5.84. The Morgan fingerprint density at radius 3 is 2.73 bits per heavy atom. The molecular formula is C18H19N3O5. The maximum absolute atomic E-state index is 12.6. The number of carbonyl (C=O) groups is 2. The van der Waals surface area contributed by atoms with E-state index in [2.05, 4.69) is 22.2 Å². The van der Waals surface area contributed by atoms with Crippen LogP contribution in [0.5, 0.6) is 5.75 Å². The minimum atomic E-state index is -0.920. The van der Waals surface area contributed by atoms with Gasteiger partial charge in [-0.1, -0.05) is 6.58 Å². The lowest BCUT2D eigenvalue weighted by molar-refractivity contribution is -0.147. The molecule has 2 heterocycles. The van der Waals surface area contributed by atoms with E-state index in [1.807, 2.05) is 0 Å². The number of aromatic nitrogens is 1. The predicted molar refractivity (Wildman–Crippen MR) is 94.8 cm³/mol. The largest absolute Gasteiger partial charge is 0.497 e. The van der Waals surface area contributed by atoms with Crippen LogP contribution in [-0.4, -0.2) is 30.7 Å². The van der Waals surface area contributed by atoms with Gasteiger partial charge in [0.15, 0.2) is 0 Å². The Morgan fingerprint density at radius 1 is 1.27 bits per heavy atom. The lowest BCUT2D eigenvalue weighted by Crippen LogP contribution is -2.52. The highest BCUT2D eigenvalue weighted by Crippen LogP contribution is 2.30. The summed E-state index contributed by atoms with van der Waals surface area (Å²) < 4.78 is 10.3. The van der Waals surface area contributed by atoms with Gasteiger partial charge in [-0.25, -0.2) is 4.79 Å². The van der Waals surface area contributed by atoms with Crippen molar-refractivity contribution >= 4 is 22.9 Å². The van der Waals surface area contributed by atoms with Gasteiger partial charge in [0, 0.05) is 22.2 Å². The number of fused-ring (bicyclic) bond motifs is 1. The Labute approximate surface area is 149 Å². The van der Waals surface area contributed by atoms with E-state index in [9.17, 15) is 14.4 Å². The molecule has 0 radical (unpaired) electrons. The second kappa shape index (κ2) is 6.91. The smallest absolute Gasteiger partial charge is 0.319 e. The molecule has 2 aromatic rings. The second-order valence-corrected chi connectivity index (χ2v) is 5.84. The van der Waals surface area contributed by atoms with Gasteiger partial charge in [-0.3, -0.25) is 9.59 Å². The molecule has 136 valence electrons. The molecule has 3 N–H and O–H groups in total. The quantitative estimate of drug-likeness (QED) is 0.720. The third-order valence-corrected chi connectivity index (χ3v) is 4.23. The number of hydrogen-bond donors (Lipinski definition) is 3. The molecule has 0 bridgehead atoms. The summed E-state index contributed by atoms with van der Waals surface area (Å²) in [6.07, 6.45) is 0. The summed E-state index contributed by atoms with van der Waals surface area (Å²) in [6, 6.07) is 5.41. The van der Waals surface area contributed by atoms with Crippen molar-refractivity contribution in [2.45, 2.75) is 13.0 Å². The molecule has 1 aliphatic heterocycles. The zero-order valence-electron chi connectivity index (χ0n) is 14.4. The van der Waals surface area contributed by atoms with E-state index in [0.29, 0.717) is 16.7 Å². The number of H-pyrrole nitrogens is 1. The van der Waals surface area contributed by atoms with E-state index in [-0.39, 0.29) is 17.9 Å². The normalized spacial score (nSPS) is 19.6. The molecule has 2 amide bonds. The number of hydrogen-bond acceptors (Lipinski definition) is 5. The van der Waals surface area contributed by atoms with Gasteiger partial charge < -0.3 is 25.1 Å². The number of ether oxygens (including phenoxy) is 2. The van der Waals surface area contributed by atoms with Crippen molar-refractivity contribution in [3.8, 4) is 5.75 Å². The molecule has 0 aliphatic carbocycles. The average Bonchev–Trinajstić information content (AvgIpc) is 2.60. The van der Waals surface area contributed by atoms with E-state index in [1.165, 1.54) is 0 Å².